The van der Waals surface area contributed by atoms with Crippen LogP contribution in [-0.4, -0.2) is 32.2 Å². The van der Waals surface area contributed by atoms with Crippen molar-refractivity contribution in [1.29, 1.82) is 0 Å². The number of ether oxygens (including phenoxy) is 2. The van der Waals surface area contributed by atoms with Gasteiger partial charge < -0.3 is 14.8 Å². The molecule has 0 fully saturated rings. The smallest absolute Gasteiger partial charge is 0.267 e. The second kappa shape index (κ2) is 10.6. The van der Waals surface area contributed by atoms with Crippen molar-refractivity contribution in [2.45, 2.75) is 6.04 Å². The van der Waals surface area contributed by atoms with E-state index in [1.54, 1.807) is 68.8 Å². The Labute approximate surface area is 180 Å². The van der Waals surface area contributed by atoms with Crippen molar-refractivity contribution < 1.29 is 19.1 Å². The van der Waals surface area contributed by atoms with Gasteiger partial charge in [-0.05, 0) is 42.0 Å². The molecule has 0 aliphatic heterocycles. The fraction of sp³-hybridized carbons (Fsp3) is 0.125. The predicted octanol–water partition coefficient (Wildman–Crippen LogP) is 3.33. The fourth-order valence-corrected chi connectivity index (χ4v) is 2.90. The molecule has 2 N–H and O–H groups in total. The summed E-state index contributed by atoms with van der Waals surface area (Å²) in [5, 5.41) is 6.80. The zero-order valence-corrected chi connectivity index (χ0v) is 17.2. The van der Waals surface area contributed by atoms with Crippen molar-refractivity contribution in [2.24, 2.45) is 5.10 Å². The first kappa shape index (κ1) is 21.6. The normalized spacial score (nSPS) is 11.5. The Morgan fingerprint density at radius 2 is 1.55 bits per heavy atom. The van der Waals surface area contributed by atoms with E-state index in [1.165, 1.54) is 6.21 Å². The number of hydrazone groups is 1. The summed E-state index contributed by atoms with van der Waals surface area (Å²) in [6, 6.07) is 21.9. The highest BCUT2D eigenvalue weighted by molar-refractivity contribution is 5.98. The minimum absolute atomic E-state index is 0.370. The lowest BCUT2D eigenvalue weighted by molar-refractivity contribution is -0.123. The molecule has 7 nitrogen and oxygen atoms in total. The van der Waals surface area contributed by atoms with Crippen LogP contribution in [0.5, 0.6) is 11.5 Å². The summed E-state index contributed by atoms with van der Waals surface area (Å²) in [5.41, 5.74) is 4.25. The van der Waals surface area contributed by atoms with E-state index in [9.17, 15) is 9.59 Å². The molecule has 1 unspecified atom stereocenters. The van der Waals surface area contributed by atoms with Crippen LogP contribution in [0.1, 0.15) is 27.5 Å². The summed E-state index contributed by atoms with van der Waals surface area (Å²) in [5.74, 6) is 0.418. The van der Waals surface area contributed by atoms with Crippen molar-refractivity contribution in [3.63, 3.8) is 0 Å². The Morgan fingerprint density at radius 3 is 2.23 bits per heavy atom. The Kier molecular flexibility index (Phi) is 7.37. The van der Waals surface area contributed by atoms with Gasteiger partial charge in [-0.1, -0.05) is 42.5 Å². The molecule has 0 aliphatic rings. The highest BCUT2D eigenvalue weighted by Crippen LogP contribution is 2.19. The molecule has 31 heavy (non-hydrogen) atoms. The van der Waals surface area contributed by atoms with Crippen LogP contribution in [0, 0.1) is 0 Å². The van der Waals surface area contributed by atoms with Crippen molar-refractivity contribution in [1.82, 2.24) is 10.7 Å². The largest absolute Gasteiger partial charge is 0.497 e. The molecule has 0 aromatic heterocycles. The van der Waals surface area contributed by atoms with E-state index in [0.717, 1.165) is 0 Å². The zero-order chi connectivity index (χ0) is 22.1. The van der Waals surface area contributed by atoms with Crippen LogP contribution < -0.4 is 20.2 Å². The molecule has 0 aliphatic carbocycles. The van der Waals surface area contributed by atoms with Gasteiger partial charge in [-0.25, -0.2) is 5.43 Å². The van der Waals surface area contributed by atoms with Crippen LogP contribution >= 0.6 is 0 Å². The predicted molar refractivity (Wildman–Crippen MR) is 118 cm³/mol. The van der Waals surface area contributed by atoms with E-state index in [1.807, 2.05) is 24.3 Å². The first-order valence-corrected chi connectivity index (χ1v) is 9.58. The van der Waals surface area contributed by atoms with Crippen molar-refractivity contribution >= 4 is 18.0 Å². The molecule has 2 amide bonds. The van der Waals surface area contributed by atoms with Crippen LogP contribution in [0.4, 0.5) is 0 Å². The number of hydrogen-bond acceptors (Lipinski definition) is 5. The Balaban J connectivity index is 1.79. The second-order valence-corrected chi connectivity index (χ2v) is 6.52. The number of hydrogen-bond donors (Lipinski definition) is 2. The average Bonchev–Trinajstić information content (AvgIpc) is 2.83. The quantitative estimate of drug-likeness (QED) is 0.435. The molecule has 0 saturated heterocycles. The highest BCUT2D eigenvalue weighted by atomic mass is 16.5. The number of carbonyl (C=O) groups is 2. The maximum atomic E-state index is 12.9. The zero-order valence-electron chi connectivity index (χ0n) is 17.2. The first-order valence-electron chi connectivity index (χ1n) is 9.58. The number of carbonyl (C=O) groups excluding carboxylic acids is 2. The molecule has 158 valence electrons. The highest BCUT2D eigenvalue weighted by Gasteiger charge is 2.23. The molecule has 3 aromatic rings. The van der Waals surface area contributed by atoms with E-state index in [2.05, 4.69) is 15.8 Å². The maximum Gasteiger partial charge on any atom is 0.267 e. The van der Waals surface area contributed by atoms with E-state index < -0.39 is 11.9 Å². The Morgan fingerprint density at radius 1 is 0.871 bits per heavy atom. The molecule has 3 aromatic carbocycles. The molecule has 0 bridgehead atoms. The number of amides is 2. The standard InChI is InChI=1S/C24H23N3O4/c1-30-20-14-12-17(13-15-20)22(26-23(28)18-8-4-3-5-9-18)24(29)27-25-16-19-10-6-7-11-21(19)31-2/h3-16,22H,1-2H3,(H,26,28)(H,27,29). The van der Waals surface area contributed by atoms with E-state index in [0.29, 0.717) is 28.2 Å². The molecule has 7 heteroatoms. The topological polar surface area (TPSA) is 89.0 Å². The minimum Gasteiger partial charge on any atom is -0.497 e. The molecule has 0 heterocycles. The molecular weight excluding hydrogens is 394 g/mol. The Bertz CT molecular complexity index is 1050. The molecule has 0 saturated carbocycles. The number of para-hydroxylation sites is 1. The van der Waals surface area contributed by atoms with Crippen molar-refractivity contribution in [3.05, 3.63) is 95.6 Å². The van der Waals surface area contributed by atoms with Gasteiger partial charge in [0.1, 0.15) is 17.5 Å². The van der Waals surface area contributed by atoms with Crippen molar-refractivity contribution in [2.75, 3.05) is 14.2 Å². The van der Waals surface area contributed by atoms with Crippen molar-refractivity contribution in [3.8, 4) is 11.5 Å². The summed E-state index contributed by atoms with van der Waals surface area (Å²) >= 11 is 0. The van der Waals surface area contributed by atoms with Crippen LogP contribution in [0.3, 0.4) is 0 Å². The van der Waals surface area contributed by atoms with Gasteiger partial charge in [0.05, 0.1) is 20.4 Å². The lowest BCUT2D eigenvalue weighted by Gasteiger charge is -2.18. The summed E-state index contributed by atoms with van der Waals surface area (Å²) < 4.78 is 10.4. The van der Waals surface area contributed by atoms with Crippen LogP contribution in [0.2, 0.25) is 0 Å². The third kappa shape index (κ3) is 5.70. The lowest BCUT2D eigenvalue weighted by Crippen LogP contribution is -2.38. The Hall–Kier alpha value is -4.13. The van der Waals surface area contributed by atoms with Gasteiger partial charge in [-0.15, -0.1) is 0 Å². The molecule has 0 radical (unpaired) electrons. The molecule has 3 rings (SSSR count). The average molecular weight is 417 g/mol. The van der Waals surface area contributed by atoms with Crippen LogP contribution in [-0.2, 0) is 4.79 Å². The number of nitrogens with zero attached hydrogens (tertiary/aromatic N) is 1. The minimum atomic E-state index is -0.951. The van der Waals surface area contributed by atoms with E-state index in [4.69, 9.17) is 9.47 Å². The van der Waals surface area contributed by atoms with Gasteiger partial charge in [0.15, 0.2) is 0 Å². The lowest BCUT2D eigenvalue weighted by atomic mass is 10.1. The third-order valence-corrected chi connectivity index (χ3v) is 4.54. The summed E-state index contributed by atoms with van der Waals surface area (Å²) in [6.45, 7) is 0. The number of benzene rings is 3. The first-order chi connectivity index (χ1) is 15.1. The number of nitrogens with one attached hydrogen (secondary N) is 2. The monoisotopic (exact) mass is 417 g/mol. The number of rotatable bonds is 8. The van der Waals surface area contributed by atoms with Gasteiger partial charge in [-0.3, -0.25) is 9.59 Å². The molecular formula is C24H23N3O4. The van der Waals surface area contributed by atoms with Gasteiger partial charge >= 0.3 is 0 Å². The number of methoxy groups -OCH3 is 2. The molecule has 0 spiro atoms. The van der Waals surface area contributed by atoms with Crippen LogP contribution in [0.25, 0.3) is 0 Å². The van der Waals surface area contributed by atoms with Crippen LogP contribution in [0.15, 0.2) is 84.0 Å². The summed E-state index contributed by atoms with van der Waals surface area (Å²) in [6.07, 6.45) is 1.49. The summed E-state index contributed by atoms with van der Waals surface area (Å²) in [7, 11) is 3.12. The van der Waals surface area contributed by atoms with E-state index >= 15 is 0 Å². The van der Waals surface area contributed by atoms with Gasteiger partial charge in [0, 0.05) is 11.1 Å². The van der Waals surface area contributed by atoms with Gasteiger partial charge in [0.2, 0.25) is 0 Å². The van der Waals surface area contributed by atoms with Gasteiger partial charge in [0.25, 0.3) is 11.8 Å². The maximum absolute atomic E-state index is 12.9. The SMILES string of the molecule is COc1ccc(C(NC(=O)c2ccccc2)C(=O)NN=Cc2ccccc2OC)cc1. The second-order valence-electron chi connectivity index (χ2n) is 6.52. The van der Waals surface area contributed by atoms with E-state index in [-0.39, 0.29) is 5.91 Å². The molecule has 1 atom stereocenters. The van der Waals surface area contributed by atoms with Gasteiger partial charge in [-0.2, -0.15) is 5.10 Å². The fourth-order valence-electron chi connectivity index (χ4n) is 2.90. The third-order valence-electron chi connectivity index (χ3n) is 4.54. The summed E-state index contributed by atoms with van der Waals surface area (Å²) in [4.78, 5) is 25.6.